The van der Waals surface area contributed by atoms with Gasteiger partial charge in [-0.1, -0.05) is 6.07 Å². The Labute approximate surface area is 217 Å². The average molecular weight is 512 g/mol. The third kappa shape index (κ3) is 5.80. The molecule has 8 nitrogen and oxygen atoms in total. The second-order valence-electron chi connectivity index (χ2n) is 10.9. The molecule has 1 aromatic heterocycles. The monoisotopic (exact) mass is 511 g/mol. The van der Waals surface area contributed by atoms with Gasteiger partial charge in [0.2, 0.25) is 0 Å². The first-order valence-corrected chi connectivity index (χ1v) is 13.8. The summed E-state index contributed by atoms with van der Waals surface area (Å²) in [6.45, 7) is 3.58. The normalized spacial score (nSPS) is 19.7. The fourth-order valence-electron chi connectivity index (χ4n) is 5.00. The van der Waals surface area contributed by atoms with Crippen LogP contribution in [0.2, 0.25) is 0 Å². The van der Waals surface area contributed by atoms with E-state index in [1.54, 1.807) is 24.1 Å². The highest BCUT2D eigenvalue weighted by Gasteiger charge is 2.45. The van der Waals surface area contributed by atoms with Crippen LogP contribution in [0.25, 0.3) is 0 Å². The van der Waals surface area contributed by atoms with E-state index in [1.807, 2.05) is 24.3 Å². The lowest BCUT2D eigenvalue weighted by Gasteiger charge is -2.38. The predicted octanol–water partition coefficient (Wildman–Crippen LogP) is 4.02. The summed E-state index contributed by atoms with van der Waals surface area (Å²) >= 11 is 1.61. The maximum absolute atomic E-state index is 13.4. The number of piperidine rings is 1. The molecule has 5 rings (SSSR count). The number of carbonyl (C=O) groups is 1. The fourth-order valence-corrected chi connectivity index (χ4v) is 5.90. The van der Waals surface area contributed by atoms with Gasteiger partial charge in [0.05, 0.1) is 24.8 Å². The SMILES string of the molecule is CC1(NSc2cccc(NC(=O)c3ccc(NC(CO)CO)nc3N3CCC4(CC3)CC4)c2)CCC1. The van der Waals surface area contributed by atoms with Crippen molar-refractivity contribution in [1.29, 1.82) is 0 Å². The Morgan fingerprint density at radius 3 is 2.47 bits per heavy atom. The van der Waals surface area contributed by atoms with Crippen LogP contribution in [0.3, 0.4) is 0 Å². The van der Waals surface area contributed by atoms with Crippen molar-refractivity contribution in [2.45, 2.75) is 68.3 Å². The van der Waals surface area contributed by atoms with Crippen LogP contribution < -0.4 is 20.3 Å². The lowest BCUT2D eigenvalue weighted by atomic mass is 9.80. The van der Waals surface area contributed by atoms with Crippen molar-refractivity contribution in [3.63, 3.8) is 0 Å². The van der Waals surface area contributed by atoms with Gasteiger partial charge in [-0.25, -0.2) is 4.98 Å². The third-order valence-electron chi connectivity index (χ3n) is 7.96. The number of aliphatic hydroxyl groups is 2. The van der Waals surface area contributed by atoms with Crippen molar-refractivity contribution in [2.24, 2.45) is 5.41 Å². The molecule has 0 unspecified atom stereocenters. The molecule has 0 bridgehead atoms. The number of anilines is 3. The summed E-state index contributed by atoms with van der Waals surface area (Å²) in [5.41, 5.74) is 1.97. The van der Waals surface area contributed by atoms with Crippen LogP contribution in [0.1, 0.15) is 62.2 Å². The number of amides is 1. The second kappa shape index (κ2) is 10.6. The minimum absolute atomic E-state index is 0.193. The van der Waals surface area contributed by atoms with E-state index in [4.69, 9.17) is 4.98 Å². The Hall–Kier alpha value is -2.33. The molecule has 2 aromatic rings. The summed E-state index contributed by atoms with van der Waals surface area (Å²) in [7, 11) is 0. The topological polar surface area (TPSA) is 110 Å². The Balaban J connectivity index is 1.32. The second-order valence-corrected chi connectivity index (χ2v) is 11.7. The molecule has 2 heterocycles. The van der Waals surface area contributed by atoms with Gasteiger partial charge in [-0.05, 0) is 99.6 Å². The minimum Gasteiger partial charge on any atom is -0.394 e. The highest BCUT2D eigenvalue weighted by Crippen LogP contribution is 2.54. The van der Waals surface area contributed by atoms with Crippen LogP contribution in [0.5, 0.6) is 0 Å². The molecule has 2 aliphatic carbocycles. The smallest absolute Gasteiger partial charge is 0.259 e. The number of aliphatic hydroxyl groups excluding tert-OH is 2. The first-order chi connectivity index (χ1) is 17.4. The Morgan fingerprint density at radius 2 is 1.83 bits per heavy atom. The number of rotatable bonds is 10. The molecular weight excluding hydrogens is 474 g/mol. The van der Waals surface area contributed by atoms with Crippen molar-refractivity contribution >= 4 is 35.2 Å². The summed E-state index contributed by atoms with van der Waals surface area (Å²) in [4.78, 5) is 21.5. The zero-order chi connectivity index (χ0) is 25.2. The summed E-state index contributed by atoms with van der Waals surface area (Å²) in [5.74, 6) is 0.987. The number of benzene rings is 1. The highest BCUT2D eigenvalue weighted by molar-refractivity contribution is 7.97. The van der Waals surface area contributed by atoms with Crippen LogP contribution in [0.15, 0.2) is 41.3 Å². The average Bonchev–Trinajstić information content (AvgIpc) is 3.64. The Morgan fingerprint density at radius 1 is 1.08 bits per heavy atom. The lowest BCUT2D eigenvalue weighted by Crippen LogP contribution is -2.44. The van der Waals surface area contributed by atoms with E-state index < -0.39 is 6.04 Å². The quantitative estimate of drug-likeness (QED) is 0.304. The van der Waals surface area contributed by atoms with Crippen LogP contribution in [-0.2, 0) is 0 Å². The van der Waals surface area contributed by atoms with Crippen molar-refractivity contribution in [2.75, 3.05) is 41.8 Å². The number of aromatic nitrogens is 1. The molecule has 1 aromatic carbocycles. The van der Waals surface area contributed by atoms with Gasteiger partial charge in [-0.2, -0.15) is 0 Å². The van der Waals surface area contributed by atoms with Gasteiger partial charge >= 0.3 is 0 Å². The molecule has 3 fully saturated rings. The van der Waals surface area contributed by atoms with Gasteiger partial charge in [0.15, 0.2) is 0 Å². The molecule has 1 saturated heterocycles. The predicted molar refractivity (Wildman–Crippen MR) is 145 cm³/mol. The number of nitrogens with one attached hydrogen (secondary N) is 3. The van der Waals surface area contributed by atoms with Crippen molar-refractivity contribution in [1.82, 2.24) is 9.71 Å². The first kappa shape index (κ1) is 25.3. The number of pyridine rings is 1. The molecule has 9 heteroatoms. The number of hydrogen-bond donors (Lipinski definition) is 5. The Kier molecular flexibility index (Phi) is 7.44. The fraction of sp³-hybridized carbons (Fsp3) is 0.556. The van der Waals surface area contributed by atoms with E-state index in [1.165, 1.54) is 32.1 Å². The molecule has 2 saturated carbocycles. The van der Waals surface area contributed by atoms with Gasteiger partial charge in [0.1, 0.15) is 11.6 Å². The third-order valence-corrected chi connectivity index (χ3v) is 9.04. The Bertz CT molecular complexity index is 1070. The van der Waals surface area contributed by atoms with Crippen LogP contribution in [-0.4, -0.2) is 59.0 Å². The number of carbonyl (C=O) groups excluding carboxylic acids is 1. The maximum Gasteiger partial charge on any atom is 0.259 e. The molecule has 36 heavy (non-hydrogen) atoms. The van der Waals surface area contributed by atoms with E-state index in [2.05, 4.69) is 27.2 Å². The van der Waals surface area contributed by atoms with Crippen molar-refractivity contribution in [3.05, 3.63) is 42.0 Å². The van der Waals surface area contributed by atoms with E-state index in [9.17, 15) is 15.0 Å². The summed E-state index contributed by atoms with van der Waals surface area (Å²) < 4.78 is 3.56. The maximum atomic E-state index is 13.4. The first-order valence-electron chi connectivity index (χ1n) is 13.0. The zero-order valence-electron chi connectivity index (χ0n) is 20.9. The zero-order valence-corrected chi connectivity index (χ0v) is 21.7. The van der Waals surface area contributed by atoms with Crippen LogP contribution >= 0.6 is 11.9 Å². The molecule has 1 amide bonds. The standard InChI is InChI=1S/C27H37N5O3S/c1-26(8-3-9-26)31-36-21-5-2-4-19(16-21)29-25(35)22-6-7-23(28-20(17-33)18-34)30-24(22)32-14-12-27(10-11-27)13-15-32/h2,4-7,16,20,31,33-34H,3,8-15,17-18H2,1H3,(H,28,30)(H,29,35). The highest BCUT2D eigenvalue weighted by atomic mass is 32.2. The molecule has 0 radical (unpaired) electrons. The van der Waals surface area contributed by atoms with E-state index in [0.717, 1.165) is 36.5 Å². The molecule has 1 spiro atoms. The summed E-state index contributed by atoms with van der Waals surface area (Å²) in [6.07, 6.45) is 8.49. The minimum atomic E-state index is -0.503. The van der Waals surface area contributed by atoms with Gasteiger partial charge in [0, 0.05) is 29.2 Å². The van der Waals surface area contributed by atoms with Gasteiger partial charge in [-0.3, -0.25) is 9.52 Å². The van der Waals surface area contributed by atoms with E-state index in [0.29, 0.717) is 22.6 Å². The van der Waals surface area contributed by atoms with Gasteiger partial charge in [0.25, 0.3) is 5.91 Å². The lowest BCUT2D eigenvalue weighted by molar-refractivity contribution is 0.102. The molecule has 0 atom stereocenters. The molecule has 194 valence electrons. The van der Waals surface area contributed by atoms with Crippen molar-refractivity contribution in [3.8, 4) is 0 Å². The van der Waals surface area contributed by atoms with Gasteiger partial charge < -0.3 is 25.7 Å². The van der Waals surface area contributed by atoms with E-state index >= 15 is 0 Å². The molecule has 1 aliphatic heterocycles. The molecular formula is C27H37N5O3S. The number of hydrogen-bond acceptors (Lipinski definition) is 8. The largest absolute Gasteiger partial charge is 0.394 e. The van der Waals surface area contributed by atoms with Crippen LogP contribution in [0.4, 0.5) is 17.3 Å². The van der Waals surface area contributed by atoms with Crippen LogP contribution in [0, 0.1) is 5.41 Å². The molecule has 5 N–H and O–H groups in total. The number of nitrogens with zero attached hydrogens (tertiary/aromatic N) is 2. The van der Waals surface area contributed by atoms with Crippen molar-refractivity contribution < 1.29 is 15.0 Å². The summed E-state index contributed by atoms with van der Waals surface area (Å²) in [5, 5.41) is 25.1. The summed E-state index contributed by atoms with van der Waals surface area (Å²) in [6, 6.07) is 10.9. The molecule has 3 aliphatic rings. The van der Waals surface area contributed by atoms with Gasteiger partial charge in [-0.15, -0.1) is 0 Å². The van der Waals surface area contributed by atoms with E-state index in [-0.39, 0.29) is 24.7 Å².